The van der Waals surface area contributed by atoms with Gasteiger partial charge in [-0.2, -0.15) is 0 Å². The molecule has 1 aliphatic rings. The second kappa shape index (κ2) is 4.67. The lowest BCUT2D eigenvalue weighted by Crippen LogP contribution is -2.26. The van der Waals surface area contributed by atoms with Crippen LogP contribution in [0.4, 0.5) is 0 Å². The fourth-order valence-corrected chi connectivity index (χ4v) is 2.97. The van der Waals surface area contributed by atoms with Crippen molar-refractivity contribution in [2.45, 2.75) is 12.3 Å². The van der Waals surface area contributed by atoms with Gasteiger partial charge in [-0.3, -0.25) is 4.79 Å². The van der Waals surface area contributed by atoms with Gasteiger partial charge in [0, 0.05) is 31.0 Å². The number of aromatic nitrogens is 1. The monoisotopic (exact) mass is 255 g/mol. The van der Waals surface area contributed by atoms with Crippen LogP contribution in [0.1, 0.15) is 17.0 Å². The molecule has 98 valence electrons. The zero-order valence-electron chi connectivity index (χ0n) is 11.2. The van der Waals surface area contributed by atoms with Crippen LogP contribution in [-0.2, 0) is 18.2 Å². The lowest BCUT2D eigenvalue weighted by molar-refractivity contribution is 0.191. The Morgan fingerprint density at radius 1 is 1.37 bits per heavy atom. The summed E-state index contributed by atoms with van der Waals surface area (Å²) in [6.45, 7) is 0.612. The van der Waals surface area contributed by atoms with Gasteiger partial charge in [-0.05, 0) is 18.1 Å². The van der Waals surface area contributed by atoms with Crippen molar-refractivity contribution >= 4 is 10.9 Å². The standard InChI is InChI=1S/C16H17NO2/c1-17-14-9-4-3-7-12(14)15-11(10-19-2)6-5-8-13(15)16(17)18/h3-7,9,11H,8,10H2,1-2H3. The van der Waals surface area contributed by atoms with E-state index in [0.29, 0.717) is 13.0 Å². The zero-order valence-corrected chi connectivity index (χ0v) is 11.2. The summed E-state index contributed by atoms with van der Waals surface area (Å²) >= 11 is 0. The predicted octanol–water partition coefficient (Wildman–Crippen LogP) is 2.38. The molecule has 1 aliphatic carbocycles. The van der Waals surface area contributed by atoms with Gasteiger partial charge in [-0.15, -0.1) is 0 Å². The van der Waals surface area contributed by atoms with Crippen LogP contribution in [0.5, 0.6) is 0 Å². The van der Waals surface area contributed by atoms with E-state index in [9.17, 15) is 4.79 Å². The molecule has 2 aromatic rings. The Bertz CT molecular complexity index is 712. The fourth-order valence-electron chi connectivity index (χ4n) is 2.97. The number of ether oxygens (including phenoxy) is 1. The van der Waals surface area contributed by atoms with E-state index in [4.69, 9.17) is 4.74 Å². The van der Waals surface area contributed by atoms with E-state index in [0.717, 1.165) is 22.0 Å². The highest BCUT2D eigenvalue weighted by Crippen LogP contribution is 2.31. The highest BCUT2D eigenvalue weighted by Gasteiger charge is 2.22. The summed E-state index contributed by atoms with van der Waals surface area (Å²) in [5.74, 6) is 0.174. The molecule has 3 heteroatoms. The van der Waals surface area contributed by atoms with Gasteiger partial charge in [0.05, 0.1) is 12.1 Å². The summed E-state index contributed by atoms with van der Waals surface area (Å²) in [6.07, 6.45) is 4.94. The van der Waals surface area contributed by atoms with E-state index in [1.54, 1.807) is 11.7 Å². The van der Waals surface area contributed by atoms with Gasteiger partial charge in [0.1, 0.15) is 0 Å². The zero-order chi connectivity index (χ0) is 13.4. The molecule has 0 spiro atoms. The van der Waals surface area contributed by atoms with Crippen LogP contribution in [0.2, 0.25) is 0 Å². The number of aryl methyl sites for hydroxylation is 1. The third-order valence-electron chi connectivity index (χ3n) is 3.85. The first kappa shape index (κ1) is 12.2. The number of allylic oxidation sites excluding steroid dienone is 1. The van der Waals surface area contributed by atoms with Gasteiger partial charge in [0.25, 0.3) is 5.56 Å². The lowest BCUT2D eigenvalue weighted by atomic mass is 9.86. The predicted molar refractivity (Wildman–Crippen MR) is 76.7 cm³/mol. The van der Waals surface area contributed by atoms with E-state index in [2.05, 4.69) is 18.2 Å². The molecule has 3 nitrogen and oxygen atoms in total. The smallest absolute Gasteiger partial charge is 0.254 e. The van der Waals surface area contributed by atoms with Gasteiger partial charge in [-0.1, -0.05) is 30.4 Å². The molecule has 1 aromatic heterocycles. The van der Waals surface area contributed by atoms with Crippen molar-refractivity contribution in [1.29, 1.82) is 0 Å². The van der Waals surface area contributed by atoms with Gasteiger partial charge in [0.15, 0.2) is 0 Å². The minimum absolute atomic E-state index is 0.110. The SMILES string of the molecule is COCC1C=CCc2c1c1ccccc1n(C)c2=O. The lowest BCUT2D eigenvalue weighted by Gasteiger charge is -2.23. The first-order valence-electron chi connectivity index (χ1n) is 6.50. The van der Waals surface area contributed by atoms with Gasteiger partial charge < -0.3 is 9.30 Å². The van der Waals surface area contributed by atoms with Crippen LogP contribution in [0.25, 0.3) is 10.9 Å². The summed E-state index contributed by atoms with van der Waals surface area (Å²) in [7, 11) is 3.54. The van der Waals surface area contributed by atoms with E-state index in [-0.39, 0.29) is 11.5 Å². The Morgan fingerprint density at radius 2 is 2.16 bits per heavy atom. The number of para-hydroxylation sites is 1. The largest absolute Gasteiger partial charge is 0.384 e. The summed E-state index contributed by atoms with van der Waals surface area (Å²) in [6, 6.07) is 8.09. The number of rotatable bonds is 2. The number of pyridine rings is 1. The molecule has 1 heterocycles. The topological polar surface area (TPSA) is 31.2 Å². The van der Waals surface area contributed by atoms with Crippen LogP contribution in [0.3, 0.4) is 0 Å². The molecule has 0 radical (unpaired) electrons. The van der Waals surface area contributed by atoms with Crippen molar-refractivity contribution in [2.24, 2.45) is 7.05 Å². The second-order valence-corrected chi connectivity index (χ2v) is 4.97. The Labute approximate surface area is 112 Å². The van der Waals surface area contributed by atoms with Crippen LogP contribution in [-0.4, -0.2) is 18.3 Å². The van der Waals surface area contributed by atoms with Gasteiger partial charge in [-0.25, -0.2) is 0 Å². The van der Waals surface area contributed by atoms with E-state index >= 15 is 0 Å². The number of hydrogen-bond acceptors (Lipinski definition) is 2. The highest BCUT2D eigenvalue weighted by atomic mass is 16.5. The van der Waals surface area contributed by atoms with Crippen molar-refractivity contribution in [3.63, 3.8) is 0 Å². The molecule has 0 N–H and O–H groups in total. The molecule has 0 aliphatic heterocycles. The second-order valence-electron chi connectivity index (χ2n) is 4.97. The molecule has 0 bridgehead atoms. The first-order chi connectivity index (χ1) is 9.24. The summed E-state index contributed by atoms with van der Waals surface area (Å²) in [5, 5.41) is 1.16. The average molecular weight is 255 g/mol. The summed E-state index contributed by atoms with van der Waals surface area (Å²) < 4.78 is 7.04. The van der Waals surface area contributed by atoms with Crippen molar-refractivity contribution in [3.8, 4) is 0 Å². The quantitative estimate of drug-likeness (QED) is 0.771. The molecule has 0 saturated carbocycles. The van der Waals surface area contributed by atoms with Crippen molar-refractivity contribution in [2.75, 3.05) is 13.7 Å². The van der Waals surface area contributed by atoms with E-state index in [1.807, 2.05) is 25.2 Å². The van der Waals surface area contributed by atoms with Crippen molar-refractivity contribution < 1.29 is 4.74 Å². The van der Waals surface area contributed by atoms with E-state index < -0.39 is 0 Å². The number of nitrogens with zero attached hydrogens (tertiary/aromatic N) is 1. The average Bonchev–Trinajstić information content (AvgIpc) is 2.45. The fraction of sp³-hybridized carbons (Fsp3) is 0.312. The van der Waals surface area contributed by atoms with Crippen LogP contribution in [0.15, 0.2) is 41.2 Å². The minimum Gasteiger partial charge on any atom is -0.384 e. The first-order valence-corrected chi connectivity index (χ1v) is 6.50. The number of hydrogen-bond donors (Lipinski definition) is 0. The van der Waals surface area contributed by atoms with Gasteiger partial charge in [0.2, 0.25) is 0 Å². The van der Waals surface area contributed by atoms with E-state index in [1.165, 1.54) is 0 Å². The molecule has 19 heavy (non-hydrogen) atoms. The maximum atomic E-state index is 12.5. The molecule has 1 unspecified atom stereocenters. The molecular formula is C16H17NO2. The highest BCUT2D eigenvalue weighted by molar-refractivity contribution is 5.85. The van der Waals surface area contributed by atoms with Gasteiger partial charge >= 0.3 is 0 Å². The number of methoxy groups -OCH3 is 1. The Morgan fingerprint density at radius 3 is 2.95 bits per heavy atom. The third-order valence-corrected chi connectivity index (χ3v) is 3.85. The Balaban J connectivity index is 2.39. The maximum Gasteiger partial charge on any atom is 0.254 e. The van der Waals surface area contributed by atoms with Crippen LogP contribution < -0.4 is 5.56 Å². The molecule has 0 saturated heterocycles. The molecular weight excluding hydrogens is 238 g/mol. The maximum absolute atomic E-state index is 12.5. The molecule has 3 rings (SSSR count). The minimum atomic E-state index is 0.110. The van der Waals surface area contributed by atoms with Crippen molar-refractivity contribution in [3.05, 3.63) is 57.9 Å². The number of benzene rings is 1. The normalized spacial score (nSPS) is 17.7. The molecule has 1 atom stereocenters. The Kier molecular flexibility index (Phi) is 2.99. The summed E-state index contributed by atoms with van der Waals surface area (Å²) in [5.41, 5.74) is 3.15. The number of fused-ring (bicyclic) bond motifs is 3. The molecule has 0 amide bonds. The summed E-state index contributed by atoms with van der Waals surface area (Å²) in [4.78, 5) is 12.5. The Hall–Kier alpha value is -1.87. The third kappa shape index (κ3) is 1.81. The van der Waals surface area contributed by atoms with Crippen LogP contribution >= 0.6 is 0 Å². The molecule has 0 fully saturated rings. The molecule has 1 aromatic carbocycles. The van der Waals surface area contributed by atoms with Crippen LogP contribution in [0, 0.1) is 0 Å². The van der Waals surface area contributed by atoms with Crippen molar-refractivity contribution in [1.82, 2.24) is 4.57 Å².